The molecule has 2 heterocycles. The molecule has 3 nitrogen and oxygen atoms in total. The van der Waals surface area contributed by atoms with Gasteiger partial charge in [0.2, 0.25) is 0 Å². The van der Waals surface area contributed by atoms with Gasteiger partial charge in [0, 0.05) is 21.9 Å². The first-order valence-electron chi connectivity index (χ1n) is 7.94. The number of fused-ring (bicyclic) bond motifs is 1. The molecule has 2 aromatic heterocycles. The van der Waals surface area contributed by atoms with E-state index in [1.807, 2.05) is 61.5 Å². The zero-order valence-electron chi connectivity index (χ0n) is 13.5. The van der Waals surface area contributed by atoms with Gasteiger partial charge >= 0.3 is 0 Å². The largest absolute Gasteiger partial charge is 0.310 e. The molecular formula is C20H15ClN2OS. The standard InChI is InChI=1S/C20H15ClN2OS/c1-12-17(14-7-9-15(21)10-8-14)18-19(24)22-16(23-20(18)25-12)11-13-5-3-2-4-6-13/h2-10H,11H2,1H3,(H,22,23,24). The fourth-order valence-electron chi connectivity index (χ4n) is 3.00. The number of thiophene rings is 1. The number of halogens is 1. The maximum Gasteiger partial charge on any atom is 0.260 e. The van der Waals surface area contributed by atoms with Gasteiger partial charge in [0.15, 0.2) is 0 Å². The van der Waals surface area contributed by atoms with Gasteiger partial charge in [0.25, 0.3) is 5.56 Å². The van der Waals surface area contributed by atoms with Crippen LogP contribution < -0.4 is 5.56 Å². The van der Waals surface area contributed by atoms with E-state index in [0.29, 0.717) is 22.7 Å². The highest BCUT2D eigenvalue weighted by atomic mass is 35.5. The predicted octanol–water partition coefficient (Wildman–Crippen LogP) is 5.20. The number of rotatable bonds is 3. The van der Waals surface area contributed by atoms with E-state index in [2.05, 4.69) is 4.98 Å². The van der Waals surface area contributed by atoms with Crippen molar-refractivity contribution in [3.8, 4) is 11.1 Å². The van der Waals surface area contributed by atoms with Crippen LogP contribution in [0.5, 0.6) is 0 Å². The fourth-order valence-corrected chi connectivity index (χ4v) is 4.19. The minimum atomic E-state index is -0.0924. The van der Waals surface area contributed by atoms with E-state index in [4.69, 9.17) is 16.6 Å². The van der Waals surface area contributed by atoms with Crippen molar-refractivity contribution in [2.75, 3.05) is 0 Å². The lowest BCUT2D eigenvalue weighted by atomic mass is 10.0. The summed E-state index contributed by atoms with van der Waals surface area (Å²) in [5.41, 5.74) is 2.95. The number of nitrogens with one attached hydrogen (secondary N) is 1. The number of aryl methyl sites for hydroxylation is 1. The molecule has 0 fully saturated rings. The molecule has 0 unspecified atom stereocenters. The van der Waals surface area contributed by atoms with Crippen LogP contribution in [-0.4, -0.2) is 9.97 Å². The highest BCUT2D eigenvalue weighted by Crippen LogP contribution is 2.35. The van der Waals surface area contributed by atoms with Crippen LogP contribution in [0.2, 0.25) is 5.02 Å². The Morgan fingerprint density at radius 3 is 2.52 bits per heavy atom. The highest BCUT2D eigenvalue weighted by Gasteiger charge is 2.16. The summed E-state index contributed by atoms with van der Waals surface area (Å²) in [6.07, 6.45) is 0.610. The smallest absolute Gasteiger partial charge is 0.260 e. The van der Waals surface area contributed by atoms with Crippen molar-refractivity contribution in [2.24, 2.45) is 0 Å². The molecule has 2 aromatic carbocycles. The predicted molar refractivity (Wildman–Crippen MR) is 105 cm³/mol. The molecule has 0 atom stereocenters. The Labute approximate surface area is 154 Å². The summed E-state index contributed by atoms with van der Waals surface area (Å²) < 4.78 is 0. The van der Waals surface area contributed by atoms with E-state index in [1.54, 1.807) is 11.3 Å². The third kappa shape index (κ3) is 3.11. The molecule has 5 heteroatoms. The molecule has 0 aliphatic carbocycles. The highest BCUT2D eigenvalue weighted by molar-refractivity contribution is 7.19. The number of benzene rings is 2. The Balaban J connectivity index is 1.84. The molecule has 0 spiro atoms. The summed E-state index contributed by atoms with van der Waals surface area (Å²) in [7, 11) is 0. The Kier molecular flexibility index (Phi) is 4.15. The number of hydrogen-bond acceptors (Lipinski definition) is 3. The summed E-state index contributed by atoms with van der Waals surface area (Å²) in [4.78, 5) is 22.2. The van der Waals surface area contributed by atoms with Crippen LogP contribution in [0.25, 0.3) is 21.3 Å². The molecule has 1 N–H and O–H groups in total. The monoisotopic (exact) mass is 366 g/mol. The van der Waals surface area contributed by atoms with Gasteiger partial charge in [-0.2, -0.15) is 0 Å². The molecule has 0 saturated heterocycles. The van der Waals surface area contributed by atoms with E-state index in [-0.39, 0.29) is 5.56 Å². The van der Waals surface area contributed by atoms with Crippen molar-refractivity contribution in [1.82, 2.24) is 9.97 Å². The molecule has 0 aliphatic rings. The lowest BCUT2D eigenvalue weighted by Crippen LogP contribution is -2.11. The van der Waals surface area contributed by atoms with E-state index < -0.39 is 0 Å². The molecule has 0 saturated carbocycles. The molecular weight excluding hydrogens is 352 g/mol. The van der Waals surface area contributed by atoms with E-state index >= 15 is 0 Å². The van der Waals surface area contributed by atoms with Gasteiger partial charge in [-0.15, -0.1) is 11.3 Å². The van der Waals surface area contributed by atoms with Crippen molar-refractivity contribution < 1.29 is 0 Å². The SMILES string of the molecule is Cc1sc2nc(Cc3ccccc3)[nH]c(=O)c2c1-c1ccc(Cl)cc1. The van der Waals surface area contributed by atoms with Crippen molar-refractivity contribution in [3.63, 3.8) is 0 Å². The van der Waals surface area contributed by atoms with Gasteiger partial charge in [-0.3, -0.25) is 4.79 Å². The van der Waals surface area contributed by atoms with Crippen molar-refractivity contribution in [2.45, 2.75) is 13.3 Å². The molecule has 0 radical (unpaired) electrons. The van der Waals surface area contributed by atoms with Crippen LogP contribution in [0.3, 0.4) is 0 Å². The molecule has 0 aliphatic heterocycles. The van der Waals surface area contributed by atoms with Crippen LogP contribution >= 0.6 is 22.9 Å². The Morgan fingerprint density at radius 1 is 1.08 bits per heavy atom. The van der Waals surface area contributed by atoms with Crippen LogP contribution in [0.1, 0.15) is 16.3 Å². The Bertz CT molecular complexity index is 1100. The summed E-state index contributed by atoms with van der Waals surface area (Å²) in [5, 5.41) is 1.33. The average Bonchev–Trinajstić information content (AvgIpc) is 2.93. The second-order valence-corrected chi connectivity index (χ2v) is 7.53. The van der Waals surface area contributed by atoms with E-state index in [9.17, 15) is 4.79 Å². The average molecular weight is 367 g/mol. The van der Waals surface area contributed by atoms with Crippen LogP contribution in [0.15, 0.2) is 59.4 Å². The van der Waals surface area contributed by atoms with E-state index in [0.717, 1.165) is 26.4 Å². The van der Waals surface area contributed by atoms with Gasteiger partial charge in [0.05, 0.1) is 5.39 Å². The molecule has 4 aromatic rings. The first-order chi connectivity index (χ1) is 12.1. The summed E-state index contributed by atoms with van der Waals surface area (Å²) in [6, 6.07) is 17.6. The lowest BCUT2D eigenvalue weighted by Gasteiger charge is -2.04. The Morgan fingerprint density at radius 2 is 1.80 bits per heavy atom. The topological polar surface area (TPSA) is 45.8 Å². The third-order valence-corrected chi connectivity index (χ3v) is 5.39. The number of nitrogens with zero attached hydrogens (tertiary/aromatic N) is 1. The van der Waals surface area contributed by atoms with Crippen molar-refractivity contribution in [3.05, 3.63) is 86.2 Å². The minimum Gasteiger partial charge on any atom is -0.310 e. The van der Waals surface area contributed by atoms with Gasteiger partial charge in [-0.1, -0.05) is 54.1 Å². The molecule has 0 bridgehead atoms. The summed E-state index contributed by atoms with van der Waals surface area (Å²) in [5.74, 6) is 0.688. The Hall–Kier alpha value is -2.43. The second-order valence-electron chi connectivity index (χ2n) is 5.90. The first kappa shape index (κ1) is 16.1. The normalized spacial score (nSPS) is 11.1. The third-order valence-electron chi connectivity index (χ3n) is 4.13. The number of aromatic amines is 1. The molecule has 4 rings (SSSR count). The molecule has 0 amide bonds. The zero-order chi connectivity index (χ0) is 17.4. The van der Waals surface area contributed by atoms with Gasteiger partial charge in [-0.05, 0) is 30.2 Å². The molecule has 25 heavy (non-hydrogen) atoms. The van der Waals surface area contributed by atoms with Gasteiger partial charge in [0.1, 0.15) is 10.7 Å². The second kappa shape index (κ2) is 6.47. The maximum atomic E-state index is 12.7. The fraction of sp³-hybridized carbons (Fsp3) is 0.100. The lowest BCUT2D eigenvalue weighted by molar-refractivity contribution is 0.977. The quantitative estimate of drug-likeness (QED) is 0.541. The first-order valence-corrected chi connectivity index (χ1v) is 9.13. The van der Waals surface area contributed by atoms with E-state index in [1.165, 1.54) is 0 Å². The zero-order valence-corrected chi connectivity index (χ0v) is 15.1. The van der Waals surface area contributed by atoms with Crippen LogP contribution in [0, 0.1) is 6.92 Å². The summed E-state index contributed by atoms with van der Waals surface area (Å²) >= 11 is 7.54. The van der Waals surface area contributed by atoms with Crippen molar-refractivity contribution >= 4 is 33.2 Å². The summed E-state index contributed by atoms with van der Waals surface area (Å²) in [6.45, 7) is 2.02. The van der Waals surface area contributed by atoms with Crippen LogP contribution in [-0.2, 0) is 6.42 Å². The van der Waals surface area contributed by atoms with Crippen molar-refractivity contribution in [1.29, 1.82) is 0 Å². The number of hydrogen-bond donors (Lipinski definition) is 1. The number of aromatic nitrogens is 2. The van der Waals surface area contributed by atoms with Crippen LogP contribution in [0.4, 0.5) is 0 Å². The van der Waals surface area contributed by atoms with Gasteiger partial charge < -0.3 is 4.98 Å². The molecule has 124 valence electrons. The minimum absolute atomic E-state index is 0.0924. The van der Waals surface area contributed by atoms with Gasteiger partial charge in [-0.25, -0.2) is 4.98 Å². The maximum absolute atomic E-state index is 12.7. The number of H-pyrrole nitrogens is 1.